The second-order valence-electron chi connectivity index (χ2n) is 5.40. The van der Waals surface area contributed by atoms with Gasteiger partial charge in [0.15, 0.2) is 5.82 Å². The molecule has 0 spiro atoms. The van der Waals surface area contributed by atoms with E-state index in [1.54, 1.807) is 11.0 Å². The van der Waals surface area contributed by atoms with Crippen molar-refractivity contribution in [3.8, 4) is 5.69 Å². The third kappa shape index (κ3) is 3.68. The highest BCUT2D eigenvalue weighted by Gasteiger charge is 2.15. The molecule has 0 aliphatic rings. The SMILES string of the molecule is CCCc1nc(C)c(C(=O)NCc2ncn(-c3ccccc3)n2)s1. The largest absolute Gasteiger partial charge is 0.344 e. The quantitative estimate of drug-likeness (QED) is 0.748. The van der Waals surface area contributed by atoms with Gasteiger partial charge in [-0.2, -0.15) is 0 Å². The summed E-state index contributed by atoms with van der Waals surface area (Å²) in [5, 5.41) is 8.26. The molecule has 0 bridgehead atoms. The lowest BCUT2D eigenvalue weighted by molar-refractivity contribution is 0.0953. The summed E-state index contributed by atoms with van der Waals surface area (Å²) in [4.78, 5) is 21.7. The van der Waals surface area contributed by atoms with E-state index in [0.29, 0.717) is 17.2 Å². The first-order valence-electron chi connectivity index (χ1n) is 7.88. The smallest absolute Gasteiger partial charge is 0.263 e. The Morgan fingerprint density at radius 2 is 2.08 bits per heavy atom. The second-order valence-corrected chi connectivity index (χ2v) is 6.48. The number of benzene rings is 1. The fraction of sp³-hybridized carbons (Fsp3) is 0.294. The molecule has 0 fully saturated rings. The highest BCUT2D eigenvalue weighted by molar-refractivity contribution is 7.13. The van der Waals surface area contributed by atoms with E-state index in [9.17, 15) is 4.79 Å². The van der Waals surface area contributed by atoms with E-state index in [1.807, 2.05) is 37.3 Å². The molecule has 1 amide bonds. The first kappa shape index (κ1) is 16.3. The highest BCUT2D eigenvalue weighted by atomic mass is 32.1. The van der Waals surface area contributed by atoms with Crippen LogP contribution in [0.2, 0.25) is 0 Å². The maximum absolute atomic E-state index is 12.3. The first-order valence-corrected chi connectivity index (χ1v) is 8.69. The Balaban J connectivity index is 1.64. The van der Waals surface area contributed by atoms with Gasteiger partial charge in [0.25, 0.3) is 5.91 Å². The summed E-state index contributed by atoms with van der Waals surface area (Å²) in [6, 6.07) is 9.74. The van der Waals surface area contributed by atoms with E-state index in [1.165, 1.54) is 11.3 Å². The molecule has 24 heavy (non-hydrogen) atoms. The molecule has 6 nitrogen and oxygen atoms in total. The molecule has 0 radical (unpaired) electrons. The van der Waals surface area contributed by atoms with Crippen LogP contribution in [0.15, 0.2) is 36.7 Å². The third-order valence-electron chi connectivity index (χ3n) is 3.48. The van der Waals surface area contributed by atoms with Crippen LogP contribution in [-0.2, 0) is 13.0 Å². The predicted octanol–water partition coefficient (Wildman–Crippen LogP) is 2.91. The van der Waals surface area contributed by atoms with Crippen molar-refractivity contribution in [2.24, 2.45) is 0 Å². The lowest BCUT2D eigenvalue weighted by atomic mass is 10.3. The molecule has 3 rings (SSSR count). The van der Waals surface area contributed by atoms with Crippen LogP contribution in [-0.4, -0.2) is 25.7 Å². The summed E-state index contributed by atoms with van der Waals surface area (Å²) in [6.45, 7) is 4.26. The molecule has 0 saturated heterocycles. The van der Waals surface area contributed by atoms with Crippen LogP contribution in [0, 0.1) is 6.92 Å². The number of hydrogen-bond donors (Lipinski definition) is 1. The van der Waals surface area contributed by atoms with Crippen LogP contribution in [0.3, 0.4) is 0 Å². The minimum absolute atomic E-state index is 0.122. The number of amides is 1. The monoisotopic (exact) mass is 341 g/mol. The van der Waals surface area contributed by atoms with E-state index < -0.39 is 0 Å². The molecule has 1 aromatic carbocycles. The zero-order valence-corrected chi connectivity index (χ0v) is 14.5. The van der Waals surface area contributed by atoms with Gasteiger partial charge < -0.3 is 5.32 Å². The number of carbonyl (C=O) groups is 1. The molecular weight excluding hydrogens is 322 g/mol. The van der Waals surface area contributed by atoms with Crippen molar-refractivity contribution >= 4 is 17.2 Å². The van der Waals surface area contributed by atoms with Gasteiger partial charge in [0.1, 0.15) is 11.2 Å². The molecule has 7 heteroatoms. The number of para-hydroxylation sites is 1. The Morgan fingerprint density at radius 1 is 1.29 bits per heavy atom. The van der Waals surface area contributed by atoms with Crippen LogP contribution in [0.4, 0.5) is 0 Å². The van der Waals surface area contributed by atoms with E-state index in [0.717, 1.165) is 29.2 Å². The number of aromatic nitrogens is 4. The van der Waals surface area contributed by atoms with Crippen molar-refractivity contribution in [2.75, 3.05) is 0 Å². The van der Waals surface area contributed by atoms with Gasteiger partial charge in [0.2, 0.25) is 0 Å². The van der Waals surface area contributed by atoms with Crippen LogP contribution in [0.5, 0.6) is 0 Å². The third-order valence-corrected chi connectivity index (χ3v) is 4.69. The van der Waals surface area contributed by atoms with E-state index in [2.05, 4.69) is 27.3 Å². The van der Waals surface area contributed by atoms with Crippen LogP contribution < -0.4 is 5.32 Å². The van der Waals surface area contributed by atoms with Crippen molar-refractivity contribution in [3.63, 3.8) is 0 Å². The summed E-state index contributed by atoms with van der Waals surface area (Å²) in [5.41, 5.74) is 1.72. The molecular formula is C17H19N5OS. The molecule has 2 aromatic heterocycles. The molecule has 124 valence electrons. The standard InChI is InChI=1S/C17H19N5OS/c1-3-7-15-20-12(2)16(24-15)17(23)18-10-14-19-11-22(21-14)13-8-5-4-6-9-13/h4-6,8-9,11H,3,7,10H2,1-2H3,(H,18,23). The summed E-state index contributed by atoms with van der Waals surface area (Å²) in [6.07, 6.45) is 3.57. The van der Waals surface area contributed by atoms with Crippen LogP contribution in [0.1, 0.15) is 39.5 Å². The Labute approximate surface area is 144 Å². The number of nitrogens with zero attached hydrogens (tertiary/aromatic N) is 4. The van der Waals surface area contributed by atoms with E-state index in [4.69, 9.17) is 0 Å². The van der Waals surface area contributed by atoms with Gasteiger partial charge in [-0.1, -0.05) is 25.1 Å². The number of hydrogen-bond acceptors (Lipinski definition) is 5. The fourth-order valence-corrected chi connectivity index (χ4v) is 3.39. The average Bonchev–Trinajstić information content (AvgIpc) is 3.21. The zero-order chi connectivity index (χ0) is 16.9. The molecule has 3 aromatic rings. The molecule has 0 saturated carbocycles. The number of carbonyl (C=O) groups excluding carboxylic acids is 1. The topological polar surface area (TPSA) is 72.7 Å². The van der Waals surface area contributed by atoms with Crippen molar-refractivity contribution < 1.29 is 4.79 Å². The van der Waals surface area contributed by atoms with Crippen molar-refractivity contribution in [3.05, 3.63) is 58.1 Å². The maximum atomic E-state index is 12.3. The Bertz CT molecular complexity index is 825. The van der Waals surface area contributed by atoms with Crippen LogP contribution in [0.25, 0.3) is 5.69 Å². The van der Waals surface area contributed by atoms with Gasteiger partial charge in [-0.25, -0.2) is 14.6 Å². The second kappa shape index (κ2) is 7.35. The van der Waals surface area contributed by atoms with E-state index >= 15 is 0 Å². The number of aryl methyl sites for hydroxylation is 2. The normalized spacial score (nSPS) is 10.8. The Morgan fingerprint density at radius 3 is 2.83 bits per heavy atom. The molecule has 2 heterocycles. The van der Waals surface area contributed by atoms with Gasteiger partial charge in [0, 0.05) is 0 Å². The Kier molecular flexibility index (Phi) is 5.00. The number of rotatable bonds is 6. The van der Waals surface area contributed by atoms with Gasteiger partial charge in [-0.05, 0) is 31.9 Å². The lowest BCUT2D eigenvalue weighted by Crippen LogP contribution is -2.23. The minimum Gasteiger partial charge on any atom is -0.344 e. The van der Waals surface area contributed by atoms with Gasteiger partial charge >= 0.3 is 0 Å². The average molecular weight is 341 g/mol. The van der Waals surface area contributed by atoms with Crippen molar-refractivity contribution in [1.82, 2.24) is 25.1 Å². The molecule has 0 aliphatic heterocycles. The number of nitrogens with one attached hydrogen (secondary N) is 1. The summed E-state index contributed by atoms with van der Waals surface area (Å²) in [5.74, 6) is 0.451. The van der Waals surface area contributed by atoms with E-state index in [-0.39, 0.29) is 5.91 Å². The summed E-state index contributed by atoms with van der Waals surface area (Å²) >= 11 is 1.46. The highest BCUT2D eigenvalue weighted by Crippen LogP contribution is 2.19. The molecule has 0 atom stereocenters. The molecule has 1 N–H and O–H groups in total. The minimum atomic E-state index is -0.122. The molecule has 0 unspecified atom stereocenters. The van der Waals surface area contributed by atoms with Crippen molar-refractivity contribution in [1.29, 1.82) is 0 Å². The summed E-state index contributed by atoms with van der Waals surface area (Å²) < 4.78 is 1.69. The lowest BCUT2D eigenvalue weighted by Gasteiger charge is -2.01. The van der Waals surface area contributed by atoms with Crippen LogP contribution >= 0.6 is 11.3 Å². The first-order chi connectivity index (χ1) is 11.7. The van der Waals surface area contributed by atoms with Crippen molar-refractivity contribution in [2.45, 2.75) is 33.2 Å². The fourth-order valence-electron chi connectivity index (χ4n) is 2.31. The predicted molar refractivity (Wildman–Crippen MR) is 93.4 cm³/mol. The summed E-state index contributed by atoms with van der Waals surface area (Å²) in [7, 11) is 0. The Hall–Kier alpha value is -2.54. The van der Waals surface area contributed by atoms with Gasteiger partial charge in [0.05, 0.1) is 22.9 Å². The van der Waals surface area contributed by atoms with Gasteiger partial charge in [-0.3, -0.25) is 4.79 Å². The zero-order valence-electron chi connectivity index (χ0n) is 13.7. The molecule has 0 aliphatic carbocycles. The number of thiazole rings is 1. The maximum Gasteiger partial charge on any atom is 0.263 e. The van der Waals surface area contributed by atoms with Gasteiger partial charge in [-0.15, -0.1) is 16.4 Å².